The van der Waals surface area contributed by atoms with E-state index in [1.165, 1.54) is 6.42 Å². The zero-order valence-electron chi connectivity index (χ0n) is 10.2. The number of nitrogens with one attached hydrogen (secondary N) is 2. The van der Waals surface area contributed by atoms with Gasteiger partial charge in [-0.1, -0.05) is 6.92 Å². The average molecular weight is 213 g/mol. The predicted octanol–water partition coefficient (Wildman–Crippen LogP) is 0.985. The number of nitrogens with zero attached hydrogens (tertiary/aromatic N) is 1. The molecule has 1 aliphatic carbocycles. The van der Waals surface area contributed by atoms with Gasteiger partial charge < -0.3 is 15.4 Å². The zero-order valence-corrected chi connectivity index (χ0v) is 10.2. The van der Waals surface area contributed by atoms with Crippen molar-refractivity contribution in [3.63, 3.8) is 0 Å². The average Bonchev–Trinajstić information content (AvgIpc) is 2.82. The van der Waals surface area contributed by atoms with E-state index < -0.39 is 0 Å². The highest BCUT2D eigenvalue weighted by Crippen LogP contribution is 2.28. The van der Waals surface area contributed by atoms with Crippen molar-refractivity contribution >= 4 is 5.96 Å². The van der Waals surface area contributed by atoms with E-state index in [4.69, 9.17) is 4.74 Å². The second-order valence-corrected chi connectivity index (χ2v) is 4.29. The smallest absolute Gasteiger partial charge is 0.191 e. The van der Waals surface area contributed by atoms with Crippen LogP contribution in [0.2, 0.25) is 0 Å². The van der Waals surface area contributed by atoms with Crippen molar-refractivity contribution in [1.82, 2.24) is 10.6 Å². The molecule has 0 aromatic rings. The van der Waals surface area contributed by atoms with Crippen molar-refractivity contribution in [3.05, 3.63) is 0 Å². The number of hydrogen-bond acceptors (Lipinski definition) is 2. The van der Waals surface area contributed by atoms with Gasteiger partial charge >= 0.3 is 0 Å². The van der Waals surface area contributed by atoms with Crippen molar-refractivity contribution < 1.29 is 4.74 Å². The van der Waals surface area contributed by atoms with Crippen LogP contribution in [0.5, 0.6) is 0 Å². The Labute approximate surface area is 92.5 Å². The van der Waals surface area contributed by atoms with Crippen molar-refractivity contribution in [2.45, 2.75) is 39.3 Å². The molecule has 0 saturated heterocycles. The summed E-state index contributed by atoms with van der Waals surface area (Å²) >= 11 is 0. The van der Waals surface area contributed by atoms with Crippen LogP contribution < -0.4 is 10.6 Å². The molecule has 1 fully saturated rings. The summed E-state index contributed by atoms with van der Waals surface area (Å²) in [5.41, 5.74) is 0. The van der Waals surface area contributed by atoms with Crippen molar-refractivity contribution in [1.29, 1.82) is 0 Å². The van der Waals surface area contributed by atoms with E-state index in [2.05, 4.69) is 29.5 Å². The molecule has 3 unspecified atom stereocenters. The Balaban J connectivity index is 2.33. The molecule has 4 heteroatoms. The number of guanidine groups is 1. The van der Waals surface area contributed by atoms with Crippen LogP contribution in [0.1, 0.15) is 27.2 Å². The van der Waals surface area contributed by atoms with Crippen molar-refractivity contribution in [2.24, 2.45) is 10.9 Å². The Morgan fingerprint density at radius 3 is 2.73 bits per heavy atom. The quantitative estimate of drug-likeness (QED) is 0.529. The van der Waals surface area contributed by atoms with Gasteiger partial charge in [-0.25, -0.2) is 0 Å². The third-order valence-electron chi connectivity index (χ3n) is 2.55. The highest BCUT2D eigenvalue weighted by Gasteiger charge is 2.33. The molecular weight excluding hydrogens is 190 g/mol. The fraction of sp³-hybridized carbons (Fsp3) is 0.909. The summed E-state index contributed by atoms with van der Waals surface area (Å²) in [6, 6.07) is 0.902. The van der Waals surface area contributed by atoms with Crippen LogP contribution in [0, 0.1) is 5.92 Å². The van der Waals surface area contributed by atoms with E-state index in [9.17, 15) is 0 Å². The topological polar surface area (TPSA) is 45.7 Å². The Morgan fingerprint density at radius 2 is 2.27 bits per heavy atom. The second-order valence-electron chi connectivity index (χ2n) is 4.29. The molecule has 0 heterocycles. The lowest BCUT2D eigenvalue weighted by atomic mass is 10.4. The van der Waals surface area contributed by atoms with Crippen molar-refractivity contribution in [2.75, 3.05) is 20.3 Å². The molecule has 4 nitrogen and oxygen atoms in total. The first kappa shape index (κ1) is 12.3. The standard InChI is InChI=1S/C11H23N3O/c1-5-12-11(13-9(3)7-15-4)14-10-6-8(10)2/h8-10H,5-7H2,1-4H3,(H2,12,13,14). The van der Waals surface area contributed by atoms with E-state index in [1.807, 2.05) is 6.92 Å². The Kier molecular flexibility index (Phi) is 4.88. The molecule has 0 bridgehead atoms. The molecule has 3 atom stereocenters. The van der Waals surface area contributed by atoms with Gasteiger partial charge in [0, 0.05) is 25.7 Å². The van der Waals surface area contributed by atoms with Gasteiger partial charge in [0.05, 0.1) is 6.61 Å². The fourth-order valence-electron chi connectivity index (χ4n) is 1.51. The van der Waals surface area contributed by atoms with Gasteiger partial charge in [-0.05, 0) is 26.2 Å². The lowest BCUT2D eigenvalue weighted by Gasteiger charge is -2.17. The lowest BCUT2D eigenvalue weighted by Crippen LogP contribution is -2.45. The maximum atomic E-state index is 5.08. The van der Waals surface area contributed by atoms with Crippen molar-refractivity contribution in [3.8, 4) is 0 Å². The number of aliphatic imine (C=N–C) groups is 1. The fourth-order valence-corrected chi connectivity index (χ4v) is 1.51. The zero-order chi connectivity index (χ0) is 11.3. The third kappa shape index (κ3) is 4.51. The summed E-state index contributed by atoms with van der Waals surface area (Å²) in [5.74, 6) is 1.70. The number of methoxy groups -OCH3 is 1. The first-order chi connectivity index (χ1) is 7.17. The summed E-state index contributed by atoms with van der Waals surface area (Å²) in [6.45, 7) is 7.88. The molecule has 0 amide bonds. The van der Waals surface area contributed by atoms with Crippen LogP contribution in [0.25, 0.3) is 0 Å². The summed E-state index contributed by atoms with van der Waals surface area (Å²) in [5, 5.41) is 6.74. The maximum absolute atomic E-state index is 5.08. The van der Waals surface area contributed by atoms with Crippen LogP contribution in [-0.2, 0) is 4.74 Å². The Hall–Kier alpha value is -0.770. The van der Waals surface area contributed by atoms with E-state index in [1.54, 1.807) is 7.11 Å². The minimum absolute atomic E-state index is 0.293. The number of hydrogen-bond donors (Lipinski definition) is 2. The van der Waals surface area contributed by atoms with Gasteiger partial charge in [0.1, 0.15) is 0 Å². The molecule has 0 aliphatic heterocycles. The molecule has 1 saturated carbocycles. The van der Waals surface area contributed by atoms with Gasteiger partial charge in [0.2, 0.25) is 0 Å². The van der Waals surface area contributed by atoms with E-state index in [0.717, 1.165) is 18.4 Å². The molecule has 2 N–H and O–H groups in total. The molecule has 0 radical (unpaired) electrons. The van der Waals surface area contributed by atoms with Crippen LogP contribution >= 0.6 is 0 Å². The third-order valence-corrected chi connectivity index (χ3v) is 2.55. The minimum atomic E-state index is 0.293. The van der Waals surface area contributed by atoms with Crippen LogP contribution in [-0.4, -0.2) is 38.3 Å². The van der Waals surface area contributed by atoms with E-state index in [-0.39, 0.29) is 0 Å². The second kappa shape index (κ2) is 5.95. The maximum Gasteiger partial charge on any atom is 0.191 e. The first-order valence-corrected chi connectivity index (χ1v) is 5.73. The normalized spacial score (nSPS) is 27.3. The summed E-state index contributed by atoms with van der Waals surface area (Å²) in [7, 11) is 1.71. The van der Waals surface area contributed by atoms with Crippen LogP contribution in [0.15, 0.2) is 4.99 Å². The highest BCUT2D eigenvalue weighted by molar-refractivity contribution is 5.80. The van der Waals surface area contributed by atoms with Gasteiger partial charge in [-0.3, -0.25) is 4.99 Å². The molecule has 0 aromatic carbocycles. The highest BCUT2D eigenvalue weighted by atomic mass is 16.5. The van der Waals surface area contributed by atoms with Gasteiger partial charge in [-0.2, -0.15) is 0 Å². The largest absolute Gasteiger partial charge is 0.383 e. The molecule has 0 spiro atoms. The van der Waals surface area contributed by atoms with Gasteiger partial charge in [0.15, 0.2) is 5.96 Å². The molecule has 0 aromatic heterocycles. The first-order valence-electron chi connectivity index (χ1n) is 5.73. The summed E-state index contributed by atoms with van der Waals surface area (Å²) in [4.78, 5) is 4.40. The predicted molar refractivity (Wildman–Crippen MR) is 63.2 cm³/mol. The van der Waals surface area contributed by atoms with Crippen LogP contribution in [0.4, 0.5) is 0 Å². The number of ether oxygens (including phenoxy) is 1. The molecule has 88 valence electrons. The van der Waals surface area contributed by atoms with Gasteiger partial charge in [0.25, 0.3) is 0 Å². The monoisotopic (exact) mass is 213 g/mol. The van der Waals surface area contributed by atoms with Crippen LogP contribution in [0.3, 0.4) is 0 Å². The molecule has 1 rings (SSSR count). The van der Waals surface area contributed by atoms with E-state index in [0.29, 0.717) is 18.7 Å². The Morgan fingerprint density at radius 1 is 1.60 bits per heavy atom. The molecule has 15 heavy (non-hydrogen) atoms. The molecular formula is C11H23N3O. The minimum Gasteiger partial charge on any atom is -0.383 e. The lowest BCUT2D eigenvalue weighted by molar-refractivity contribution is 0.179. The molecule has 1 aliphatic rings. The summed E-state index contributed by atoms with van der Waals surface area (Å²) < 4.78 is 5.08. The Bertz CT molecular complexity index is 218. The SMILES string of the molecule is CCN=C(NC(C)COC)NC1CC1C. The summed E-state index contributed by atoms with van der Waals surface area (Å²) in [6.07, 6.45) is 1.25. The number of rotatable bonds is 5. The van der Waals surface area contributed by atoms with Gasteiger partial charge in [-0.15, -0.1) is 0 Å². The van der Waals surface area contributed by atoms with E-state index >= 15 is 0 Å².